The minimum absolute atomic E-state index is 0.00656. The lowest BCUT2D eigenvalue weighted by atomic mass is 9.98. The Morgan fingerprint density at radius 3 is 2.33 bits per heavy atom. The van der Waals surface area contributed by atoms with Crippen molar-refractivity contribution < 1.29 is 9.59 Å². The number of fused-ring (bicyclic) bond motifs is 1. The summed E-state index contributed by atoms with van der Waals surface area (Å²) in [6.45, 7) is 6.71. The average molecular weight is 399 g/mol. The average Bonchev–Trinajstić information content (AvgIpc) is 2.71. The van der Waals surface area contributed by atoms with Crippen LogP contribution in [0.5, 0.6) is 0 Å². The lowest BCUT2D eigenvalue weighted by Crippen LogP contribution is -2.35. The third kappa shape index (κ3) is 4.13. The van der Waals surface area contributed by atoms with Gasteiger partial charge in [-0.05, 0) is 92.8 Å². The molecule has 4 heteroatoms. The molecule has 0 aliphatic carbocycles. The van der Waals surface area contributed by atoms with E-state index in [-0.39, 0.29) is 11.8 Å². The van der Waals surface area contributed by atoms with Crippen LogP contribution in [-0.4, -0.2) is 18.4 Å². The minimum Gasteiger partial charge on any atom is -0.322 e. The largest absolute Gasteiger partial charge is 0.322 e. The summed E-state index contributed by atoms with van der Waals surface area (Å²) in [5.74, 6) is -0.128. The van der Waals surface area contributed by atoms with E-state index in [0.717, 1.165) is 46.5 Å². The van der Waals surface area contributed by atoms with E-state index >= 15 is 0 Å². The van der Waals surface area contributed by atoms with Gasteiger partial charge in [-0.2, -0.15) is 0 Å². The zero-order valence-electron chi connectivity index (χ0n) is 17.7. The van der Waals surface area contributed by atoms with E-state index in [1.807, 2.05) is 74.2 Å². The molecule has 3 aromatic carbocycles. The number of aryl methyl sites for hydroxylation is 4. The second-order valence-electron chi connectivity index (χ2n) is 8.10. The molecule has 4 nitrogen and oxygen atoms in total. The van der Waals surface area contributed by atoms with Crippen molar-refractivity contribution in [3.8, 4) is 0 Å². The monoisotopic (exact) mass is 398 g/mol. The van der Waals surface area contributed by atoms with Crippen molar-refractivity contribution >= 4 is 23.2 Å². The van der Waals surface area contributed by atoms with Crippen molar-refractivity contribution in [2.45, 2.75) is 33.6 Å². The zero-order chi connectivity index (χ0) is 21.3. The first kappa shape index (κ1) is 19.9. The van der Waals surface area contributed by atoms with Crippen LogP contribution in [0.15, 0.2) is 60.7 Å². The molecule has 152 valence electrons. The third-order valence-electron chi connectivity index (χ3n) is 5.45. The van der Waals surface area contributed by atoms with Gasteiger partial charge in [0.2, 0.25) is 0 Å². The standard InChI is InChI=1S/C26H26N2O2/c1-17-6-4-7-22(13-17)26(30)28-11-5-8-20-16-21(9-10-24(20)28)25(29)27-23-14-18(2)12-19(3)15-23/h4,6-7,9-10,12-16H,5,8,11H2,1-3H3,(H,27,29). The summed E-state index contributed by atoms with van der Waals surface area (Å²) in [5.41, 5.74) is 7.33. The van der Waals surface area contributed by atoms with Crippen LogP contribution in [-0.2, 0) is 6.42 Å². The molecule has 0 radical (unpaired) electrons. The molecule has 0 fully saturated rings. The molecule has 30 heavy (non-hydrogen) atoms. The molecule has 0 aromatic heterocycles. The minimum atomic E-state index is -0.134. The Balaban J connectivity index is 1.58. The molecule has 1 aliphatic heterocycles. The van der Waals surface area contributed by atoms with Crippen LogP contribution >= 0.6 is 0 Å². The molecule has 0 saturated heterocycles. The highest BCUT2D eigenvalue weighted by molar-refractivity contribution is 6.08. The van der Waals surface area contributed by atoms with Crippen LogP contribution < -0.4 is 10.2 Å². The topological polar surface area (TPSA) is 49.4 Å². The van der Waals surface area contributed by atoms with Crippen LogP contribution in [0.25, 0.3) is 0 Å². The van der Waals surface area contributed by atoms with Gasteiger partial charge in [-0.15, -0.1) is 0 Å². The summed E-state index contributed by atoms with van der Waals surface area (Å²) in [6.07, 6.45) is 1.74. The molecule has 0 atom stereocenters. The Morgan fingerprint density at radius 2 is 1.60 bits per heavy atom. The molecular weight excluding hydrogens is 372 g/mol. The van der Waals surface area contributed by atoms with Gasteiger partial charge in [0.05, 0.1) is 0 Å². The van der Waals surface area contributed by atoms with Crippen molar-refractivity contribution in [3.63, 3.8) is 0 Å². The number of amides is 2. The van der Waals surface area contributed by atoms with Gasteiger partial charge in [0, 0.05) is 29.0 Å². The van der Waals surface area contributed by atoms with E-state index in [4.69, 9.17) is 0 Å². The molecule has 1 heterocycles. The van der Waals surface area contributed by atoms with Gasteiger partial charge in [0.1, 0.15) is 0 Å². The van der Waals surface area contributed by atoms with Crippen molar-refractivity contribution in [2.24, 2.45) is 0 Å². The highest BCUT2D eigenvalue weighted by atomic mass is 16.2. The van der Waals surface area contributed by atoms with E-state index in [1.165, 1.54) is 0 Å². The molecule has 0 spiro atoms. The molecule has 4 rings (SSSR count). The highest BCUT2D eigenvalue weighted by Crippen LogP contribution is 2.30. The fraction of sp³-hybridized carbons (Fsp3) is 0.231. The summed E-state index contributed by atoms with van der Waals surface area (Å²) in [4.78, 5) is 27.7. The smallest absolute Gasteiger partial charge is 0.258 e. The molecular formula is C26H26N2O2. The summed E-state index contributed by atoms with van der Waals surface area (Å²) < 4.78 is 0. The maximum absolute atomic E-state index is 13.1. The van der Waals surface area contributed by atoms with Gasteiger partial charge in [-0.3, -0.25) is 9.59 Å². The van der Waals surface area contributed by atoms with Crippen LogP contribution in [0.3, 0.4) is 0 Å². The predicted octanol–water partition coefficient (Wildman–Crippen LogP) is 5.46. The fourth-order valence-corrected chi connectivity index (χ4v) is 4.13. The van der Waals surface area contributed by atoms with Crippen LogP contribution in [0.4, 0.5) is 11.4 Å². The number of nitrogens with zero attached hydrogens (tertiary/aromatic N) is 1. The number of carbonyl (C=O) groups excluding carboxylic acids is 2. The van der Waals surface area contributed by atoms with Crippen LogP contribution in [0, 0.1) is 20.8 Å². The number of carbonyl (C=O) groups is 2. The first-order valence-corrected chi connectivity index (χ1v) is 10.3. The summed E-state index contributed by atoms with van der Waals surface area (Å²) in [6, 6.07) is 19.3. The Labute approximate surface area is 177 Å². The van der Waals surface area contributed by atoms with Crippen LogP contribution in [0.2, 0.25) is 0 Å². The Bertz CT molecular complexity index is 1110. The molecule has 2 amide bonds. The zero-order valence-corrected chi connectivity index (χ0v) is 17.7. The normalized spacial score (nSPS) is 13.0. The maximum Gasteiger partial charge on any atom is 0.258 e. The quantitative estimate of drug-likeness (QED) is 0.637. The van der Waals surface area contributed by atoms with E-state index in [0.29, 0.717) is 17.7 Å². The second kappa shape index (κ2) is 8.15. The van der Waals surface area contributed by atoms with Gasteiger partial charge in [-0.1, -0.05) is 23.8 Å². The number of benzene rings is 3. The van der Waals surface area contributed by atoms with Gasteiger partial charge >= 0.3 is 0 Å². The summed E-state index contributed by atoms with van der Waals surface area (Å²) in [5, 5.41) is 2.99. The van der Waals surface area contributed by atoms with Gasteiger partial charge in [-0.25, -0.2) is 0 Å². The van der Waals surface area contributed by atoms with Crippen molar-refractivity contribution in [1.29, 1.82) is 0 Å². The number of nitrogens with one attached hydrogen (secondary N) is 1. The number of hydrogen-bond acceptors (Lipinski definition) is 2. The molecule has 0 saturated carbocycles. The molecule has 1 aliphatic rings. The predicted molar refractivity (Wildman–Crippen MR) is 121 cm³/mol. The molecule has 0 bridgehead atoms. The fourth-order valence-electron chi connectivity index (χ4n) is 4.13. The van der Waals surface area contributed by atoms with E-state index < -0.39 is 0 Å². The van der Waals surface area contributed by atoms with Gasteiger partial charge in [0.15, 0.2) is 0 Å². The maximum atomic E-state index is 13.1. The van der Waals surface area contributed by atoms with Crippen molar-refractivity contribution in [3.05, 3.63) is 94.0 Å². The number of anilines is 2. The van der Waals surface area contributed by atoms with Gasteiger partial charge < -0.3 is 10.2 Å². The third-order valence-corrected chi connectivity index (χ3v) is 5.45. The first-order chi connectivity index (χ1) is 14.4. The van der Waals surface area contributed by atoms with Gasteiger partial charge in [0.25, 0.3) is 11.8 Å². The van der Waals surface area contributed by atoms with E-state index in [9.17, 15) is 9.59 Å². The number of hydrogen-bond donors (Lipinski definition) is 1. The Morgan fingerprint density at radius 1 is 0.833 bits per heavy atom. The summed E-state index contributed by atoms with van der Waals surface area (Å²) in [7, 11) is 0. The second-order valence-corrected chi connectivity index (χ2v) is 8.10. The molecule has 3 aromatic rings. The Hall–Kier alpha value is -3.40. The van der Waals surface area contributed by atoms with Crippen molar-refractivity contribution in [2.75, 3.05) is 16.8 Å². The van der Waals surface area contributed by atoms with Crippen molar-refractivity contribution in [1.82, 2.24) is 0 Å². The lowest BCUT2D eigenvalue weighted by molar-refractivity contribution is 0.0984. The molecule has 0 unspecified atom stereocenters. The van der Waals surface area contributed by atoms with Crippen LogP contribution in [0.1, 0.15) is 49.4 Å². The summed E-state index contributed by atoms with van der Waals surface area (Å²) >= 11 is 0. The van der Waals surface area contributed by atoms with E-state index in [1.54, 1.807) is 6.07 Å². The first-order valence-electron chi connectivity index (χ1n) is 10.3. The Kier molecular flexibility index (Phi) is 5.40. The number of rotatable bonds is 3. The lowest BCUT2D eigenvalue weighted by Gasteiger charge is -2.30. The SMILES string of the molecule is Cc1cc(C)cc(NC(=O)c2ccc3c(c2)CCCN3C(=O)c2cccc(C)c2)c1. The molecule has 1 N–H and O–H groups in total. The van der Waals surface area contributed by atoms with E-state index in [2.05, 4.69) is 11.4 Å². The highest BCUT2D eigenvalue weighted by Gasteiger charge is 2.24.